The number of ether oxygens (including phenoxy) is 1. The second-order valence-electron chi connectivity index (χ2n) is 5.39. The Kier molecular flexibility index (Phi) is 5.81. The van der Waals surface area contributed by atoms with Gasteiger partial charge in [-0.1, -0.05) is 40.6 Å². The number of rotatable bonds is 5. The second kappa shape index (κ2) is 8.08. The highest BCUT2D eigenvalue weighted by molar-refractivity contribution is 7.16. The van der Waals surface area contributed by atoms with E-state index in [-0.39, 0.29) is 5.91 Å². The number of allylic oxidation sites excluding steroid dienone is 1. The molecule has 0 bridgehead atoms. The maximum Gasteiger partial charge on any atom is 0.279 e. The van der Waals surface area contributed by atoms with Gasteiger partial charge in [0.15, 0.2) is 4.80 Å². The molecule has 0 aliphatic heterocycles. The molecule has 0 saturated heterocycles. The fraction of sp³-hybridized carbons (Fsp3) is 0.158. The number of hydrogen-bond acceptors (Lipinski definition) is 3. The van der Waals surface area contributed by atoms with Crippen LogP contribution in [0.5, 0.6) is 5.75 Å². The van der Waals surface area contributed by atoms with Crippen LogP contribution in [-0.2, 0) is 6.54 Å². The molecule has 0 spiro atoms. The standard InChI is InChI=1S/C19H16Cl2N2O2S/c1-3-9-23-17-15(21)10-13(20)11-16(17)26-19(23)22-18(24)12-5-7-14(8-6-12)25-4-2/h3,5-8,10-11H,1,4,9H2,2H3. The lowest BCUT2D eigenvalue weighted by molar-refractivity contribution is 0.0998. The average molecular weight is 407 g/mol. The molecule has 1 heterocycles. The van der Waals surface area contributed by atoms with Crippen LogP contribution in [0.15, 0.2) is 54.0 Å². The van der Waals surface area contributed by atoms with Crippen LogP contribution < -0.4 is 9.54 Å². The molecular weight excluding hydrogens is 391 g/mol. The van der Waals surface area contributed by atoms with Crippen molar-refractivity contribution in [3.63, 3.8) is 0 Å². The first kappa shape index (κ1) is 18.7. The summed E-state index contributed by atoms with van der Waals surface area (Å²) in [6.07, 6.45) is 1.73. The van der Waals surface area contributed by atoms with E-state index in [9.17, 15) is 4.79 Å². The summed E-state index contributed by atoms with van der Waals surface area (Å²) in [5.74, 6) is 0.383. The molecule has 3 rings (SSSR count). The van der Waals surface area contributed by atoms with Crippen LogP contribution in [-0.4, -0.2) is 17.1 Å². The summed E-state index contributed by atoms with van der Waals surface area (Å²) in [5.41, 5.74) is 1.28. The van der Waals surface area contributed by atoms with E-state index < -0.39 is 0 Å². The van der Waals surface area contributed by atoms with E-state index in [4.69, 9.17) is 27.9 Å². The molecule has 0 N–H and O–H groups in total. The number of carbonyl (C=O) groups excluding carboxylic acids is 1. The van der Waals surface area contributed by atoms with Crippen molar-refractivity contribution in [1.29, 1.82) is 0 Å². The third kappa shape index (κ3) is 3.85. The van der Waals surface area contributed by atoms with Gasteiger partial charge in [-0.2, -0.15) is 4.99 Å². The number of nitrogens with zero attached hydrogens (tertiary/aromatic N) is 2. The number of benzene rings is 2. The Morgan fingerprint density at radius 2 is 2.04 bits per heavy atom. The van der Waals surface area contributed by atoms with Gasteiger partial charge in [0.1, 0.15) is 5.75 Å². The number of fused-ring (bicyclic) bond motifs is 1. The van der Waals surface area contributed by atoms with Gasteiger partial charge in [-0.3, -0.25) is 4.79 Å². The molecule has 1 amide bonds. The van der Waals surface area contributed by atoms with E-state index in [0.29, 0.717) is 39.3 Å². The SMILES string of the molecule is C=CCn1c(=NC(=O)c2ccc(OCC)cc2)sc2cc(Cl)cc(Cl)c21. The summed E-state index contributed by atoms with van der Waals surface area (Å²) in [5, 5.41) is 1.06. The molecule has 1 aromatic heterocycles. The first-order valence-electron chi connectivity index (χ1n) is 7.94. The van der Waals surface area contributed by atoms with E-state index >= 15 is 0 Å². The quantitative estimate of drug-likeness (QED) is 0.536. The zero-order chi connectivity index (χ0) is 18.7. The Morgan fingerprint density at radius 3 is 2.69 bits per heavy atom. The smallest absolute Gasteiger partial charge is 0.279 e. The van der Waals surface area contributed by atoms with Gasteiger partial charge >= 0.3 is 0 Å². The number of amides is 1. The lowest BCUT2D eigenvalue weighted by Crippen LogP contribution is -2.16. The number of aromatic nitrogens is 1. The van der Waals surface area contributed by atoms with Crippen molar-refractivity contribution in [2.75, 3.05) is 6.61 Å². The van der Waals surface area contributed by atoms with Crippen LogP contribution in [0.4, 0.5) is 0 Å². The lowest BCUT2D eigenvalue weighted by atomic mass is 10.2. The van der Waals surface area contributed by atoms with Crippen LogP contribution in [0, 0.1) is 0 Å². The van der Waals surface area contributed by atoms with Crippen molar-refractivity contribution in [2.45, 2.75) is 13.5 Å². The topological polar surface area (TPSA) is 43.6 Å². The Morgan fingerprint density at radius 1 is 1.31 bits per heavy atom. The minimum Gasteiger partial charge on any atom is -0.494 e. The third-order valence-corrected chi connectivity index (χ3v) is 5.15. The Balaban J connectivity index is 2.08. The average Bonchev–Trinajstić information content (AvgIpc) is 2.93. The molecule has 4 nitrogen and oxygen atoms in total. The molecule has 0 radical (unpaired) electrons. The molecule has 0 fully saturated rings. The minimum atomic E-state index is -0.334. The van der Waals surface area contributed by atoms with Crippen LogP contribution in [0.3, 0.4) is 0 Å². The Hall–Kier alpha value is -2.08. The summed E-state index contributed by atoms with van der Waals surface area (Å²) in [4.78, 5) is 17.4. The van der Waals surface area contributed by atoms with Gasteiger partial charge in [0.2, 0.25) is 0 Å². The molecule has 134 valence electrons. The fourth-order valence-electron chi connectivity index (χ4n) is 2.52. The van der Waals surface area contributed by atoms with Gasteiger partial charge in [0, 0.05) is 17.1 Å². The van der Waals surface area contributed by atoms with E-state index in [1.54, 1.807) is 36.4 Å². The van der Waals surface area contributed by atoms with E-state index in [0.717, 1.165) is 10.2 Å². The van der Waals surface area contributed by atoms with Crippen molar-refractivity contribution < 1.29 is 9.53 Å². The molecule has 3 aromatic rings. The Labute approximate surface area is 165 Å². The molecule has 0 saturated carbocycles. The first-order valence-corrected chi connectivity index (χ1v) is 9.52. The molecule has 26 heavy (non-hydrogen) atoms. The van der Waals surface area contributed by atoms with Gasteiger partial charge in [0.05, 0.1) is 21.8 Å². The maximum absolute atomic E-state index is 12.6. The molecule has 2 aromatic carbocycles. The predicted octanol–water partition coefficient (Wildman–Crippen LogP) is 5.34. The zero-order valence-electron chi connectivity index (χ0n) is 14.0. The van der Waals surface area contributed by atoms with Crippen LogP contribution in [0.2, 0.25) is 10.0 Å². The van der Waals surface area contributed by atoms with E-state index in [1.807, 2.05) is 17.6 Å². The third-order valence-electron chi connectivity index (χ3n) is 3.62. The van der Waals surface area contributed by atoms with Crippen LogP contribution >= 0.6 is 34.5 Å². The van der Waals surface area contributed by atoms with E-state index in [2.05, 4.69) is 11.6 Å². The molecule has 0 atom stereocenters. The second-order valence-corrected chi connectivity index (χ2v) is 7.25. The van der Waals surface area contributed by atoms with Crippen molar-refractivity contribution in [1.82, 2.24) is 4.57 Å². The molecule has 0 aliphatic rings. The van der Waals surface area contributed by atoms with Crippen molar-refractivity contribution in [3.8, 4) is 5.75 Å². The van der Waals surface area contributed by atoms with E-state index in [1.165, 1.54) is 11.3 Å². The highest BCUT2D eigenvalue weighted by Gasteiger charge is 2.12. The molecular formula is C19H16Cl2N2O2S. The van der Waals surface area contributed by atoms with Gasteiger partial charge in [0.25, 0.3) is 5.91 Å². The lowest BCUT2D eigenvalue weighted by Gasteiger charge is -2.04. The largest absolute Gasteiger partial charge is 0.494 e. The van der Waals surface area contributed by atoms with Gasteiger partial charge < -0.3 is 9.30 Å². The van der Waals surface area contributed by atoms with Crippen molar-refractivity contribution >= 4 is 50.7 Å². The number of thiazole rings is 1. The molecule has 0 aliphatic carbocycles. The highest BCUT2D eigenvalue weighted by atomic mass is 35.5. The molecule has 0 unspecified atom stereocenters. The van der Waals surface area contributed by atoms with Crippen LogP contribution in [0.1, 0.15) is 17.3 Å². The van der Waals surface area contributed by atoms with Gasteiger partial charge in [-0.15, -0.1) is 6.58 Å². The summed E-state index contributed by atoms with van der Waals surface area (Å²) in [6.45, 7) is 6.73. The van der Waals surface area contributed by atoms with Gasteiger partial charge in [-0.25, -0.2) is 0 Å². The molecule has 7 heteroatoms. The predicted molar refractivity (Wildman–Crippen MR) is 108 cm³/mol. The number of carbonyl (C=O) groups is 1. The number of hydrogen-bond donors (Lipinski definition) is 0. The fourth-order valence-corrected chi connectivity index (χ4v) is 4.34. The summed E-state index contributed by atoms with van der Waals surface area (Å²) < 4.78 is 8.11. The highest BCUT2D eigenvalue weighted by Crippen LogP contribution is 2.29. The Bertz CT molecular complexity index is 1040. The minimum absolute atomic E-state index is 0.334. The van der Waals surface area contributed by atoms with Crippen molar-refractivity contribution in [2.24, 2.45) is 4.99 Å². The monoisotopic (exact) mass is 406 g/mol. The normalized spacial score (nSPS) is 11.7. The van der Waals surface area contributed by atoms with Gasteiger partial charge in [-0.05, 0) is 43.3 Å². The zero-order valence-corrected chi connectivity index (χ0v) is 16.4. The summed E-state index contributed by atoms with van der Waals surface area (Å²) in [6, 6.07) is 10.4. The number of halogens is 2. The van der Waals surface area contributed by atoms with Crippen molar-refractivity contribution in [3.05, 3.63) is 69.5 Å². The maximum atomic E-state index is 12.6. The summed E-state index contributed by atoms with van der Waals surface area (Å²) >= 11 is 13.8. The summed E-state index contributed by atoms with van der Waals surface area (Å²) in [7, 11) is 0. The van der Waals surface area contributed by atoms with Crippen LogP contribution in [0.25, 0.3) is 10.2 Å². The first-order chi connectivity index (χ1) is 12.5.